The van der Waals surface area contributed by atoms with Crippen LogP contribution in [0.4, 0.5) is 5.69 Å². The summed E-state index contributed by atoms with van der Waals surface area (Å²) in [4.78, 5) is 28.0. The summed E-state index contributed by atoms with van der Waals surface area (Å²) in [6, 6.07) is 18.8. The maximum atomic E-state index is 13.3. The van der Waals surface area contributed by atoms with Crippen LogP contribution in [0.2, 0.25) is 0 Å². The van der Waals surface area contributed by atoms with E-state index in [0.717, 1.165) is 11.1 Å². The van der Waals surface area contributed by atoms with Crippen LogP contribution in [-0.2, 0) is 9.59 Å². The quantitative estimate of drug-likeness (QED) is 0.343. The molecule has 1 aliphatic heterocycles. The average Bonchev–Trinajstić information content (AvgIpc) is 3.08. The molecule has 0 aliphatic carbocycles. The topological polar surface area (TPSA) is 76.1 Å². The fraction of sp³-hybridized carbons (Fsp3) is 0.185. The number of hydrogen-bond donors (Lipinski definition) is 1. The zero-order chi connectivity index (χ0) is 23.7. The van der Waals surface area contributed by atoms with Gasteiger partial charge in [0, 0.05) is 16.8 Å². The number of hydrogen-bond acceptors (Lipinski definition) is 5. The molecule has 1 heterocycles. The highest BCUT2D eigenvalue weighted by atomic mass is 16.5. The molecule has 6 heteroatoms. The van der Waals surface area contributed by atoms with Gasteiger partial charge in [-0.3, -0.25) is 14.5 Å². The number of para-hydroxylation sites is 1. The van der Waals surface area contributed by atoms with Gasteiger partial charge in [-0.05, 0) is 61.4 Å². The van der Waals surface area contributed by atoms with E-state index >= 15 is 0 Å². The Morgan fingerprint density at radius 1 is 0.879 bits per heavy atom. The molecule has 3 aromatic rings. The molecule has 1 amide bonds. The van der Waals surface area contributed by atoms with E-state index in [-0.39, 0.29) is 11.3 Å². The highest BCUT2D eigenvalue weighted by Gasteiger charge is 2.47. The third-order valence-electron chi connectivity index (χ3n) is 5.83. The van der Waals surface area contributed by atoms with Crippen LogP contribution in [0.1, 0.15) is 28.3 Å². The minimum atomic E-state index is -0.856. The third kappa shape index (κ3) is 3.84. The number of ketones is 1. The monoisotopic (exact) mass is 443 g/mol. The summed E-state index contributed by atoms with van der Waals surface area (Å²) in [6.07, 6.45) is 0. The summed E-state index contributed by atoms with van der Waals surface area (Å²) in [5.41, 5.74) is 3.35. The first-order chi connectivity index (χ1) is 15.9. The van der Waals surface area contributed by atoms with Crippen molar-refractivity contribution in [1.82, 2.24) is 0 Å². The Morgan fingerprint density at radius 3 is 2.27 bits per heavy atom. The van der Waals surface area contributed by atoms with Gasteiger partial charge in [0.1, 0.15) is 17.3 Å². The van der Waals surface area contributed by atoms with Gasteiger partial charge in [0.25, 0.3) is 11.7 Å². The lowest BCUT2D eigenvalue weighted by atomic mass is 9.94. The fourth-order valence-corrected chi connectivity index (χ4v) is 4.24. The van der Waals surface area contributed by atoms with Crippen molar-refractivity contribution in [3.05, 3.63) is 94.6 Å². The van der Waals surface area contributed by atoms with Crippen LogP contribution in [-0.4, -0.2) is 31.0 Å². The number of benzene rings is 3. The van der Waals surface area contributed by atoms with Crippen LogP contribution >= 0.6 is 0 Å². The largest absolute Gasteiger partial charge is 0.507 e. The number of aliphatic hydroxyl groups is 1. The molecule has 6 nitrogen and oxygen atoms in total. The number of carbonyl (C=O) groups excluding carboxylic acids is 2. The van der Waals surface area contributed by atoms with Crippen molar-refractivity contribution in [1.29, 1.82) is 0 Å². The molecule has 0 spiro atoms. The average molecular weight is 443 g/mol. The zero-order valence-corrected chi connectivity index (χ0v) is 19.0. The normalized spacial score (nSPS) is 17.3. The summed E-state index contributed by atoms with van der Waals surface area (Å²) in [6.45, 7) is 3.76. The Bertz CT molecular complexity index is 1280. The van der Waals surface area contributed by atoms with Crippen LogP contribution in [0, 0.1) is 13.8 Å². The third-order valence-corrected chi connectivity index (χ3v) is 5.83. The van der Waals surface area contributed by atoms with Gasteiger partial charge in [-0.1, -0.05) is 30.3 Å². The second-order valence-corrected chi connectivity index (χ2v) is 7.93. The Kier molecular flexibility index (Phi) is 5.92. The zero-order valence-electron chi connectivity index (χ0n) is 19.0. The van der Waals surface area contributed by atoms with Crippen molar-refractivity contribution in [3.63, 3.8) is 0 Å². The van der Waals surface area contributed by atoms with Crippen molar-refractivity contribution >= 4 is 23.1 Å². The van der Waals surface area contributed by atoms with E-state index in [1.807, 2.05) is 44.2 Å². The van der Waals surface area contributed by atoms with Gasteiger partial charge in [-0.2, -0.15) is 0 Å². The van der Waals surface area contributed by atoms with Gasteiger partial charge in [0.2, 0.25) is 0 Å². The van der Waals surface area contributed by atoms with Crippen molar-refractivity contribution in [2.45, 2.75) is 19.9 Å². The first-order valence-corrected chi connectivity index (χ1v) is 10.5. The number of ether oxygens (including phenoxy) is 2. The number of Topliss-reactive ketones (excluding diaryl/α,β-unsaturated/α-hetero) is 1. The summed E-state index contributed by atoms with van der Waals surface area (Å²) in [7, 11) is 3.10. The van der Waals surface area contributed by atoms with Gasteiger partial charge in [-0.15, -0.1) is 0 Å². The fourth-order valence-electron chi connectivity index (χ4n) is 4.24. The minimum absolute atomic E-state index is 0.00979. The molecular weight excluding hydrogens is 418 g/mol. The van der Waals surface area contributed by atoms with Gasteiger partial charge in [0.15, 0.2) is 0 Å². The van der Waals surface area contributed by atoms with Gasteiger partial charge < -0.3 is 14.6 Å². The van der Waals surface area contributed by atoms with Gasteiger partial charge in [-0.25, -0.2) is 0 Å². The Labute approximate surface area is 192 Å². The Morgan fingerprint density at radius 2 is 1.61 bits per heavy atom. The second-order valence-electron chi connectivity index (χ2n) is 7.93. The standard InChI is InChI=1S/C27H25NO5/c1-16-8-7-9-19(14-16)28-24(20-10-5-6-11-22(20)33-4)23(26(30)27(28)31)25(29)18-12-13-21(32-3)17(2)15-18/h5-15,24,29H,1-4H3/b25-23+. The predicted molar refractivity (Wildman–Crippen MR) is 127 cm³/mol. The summed E-state index contributed by atoms with van der Waals surface area (Å²) in [5.74, 6) is -0.529. The minimum Gasteiger partial charge on any atom is -0.507 e. The number of aliphatic hydroxyl groups excluding tert-OH is 1. The smallest absolute Gasteiger partial charge is 0.300 e. The van der Waals surface area contributed by atoms with Crippen LogP contribution in [0.25, 0.3) is 5.76 Å². The maximum absolute atomic E-state index is 13.3. The van der Waals surface area contributed by atoms with Gasteiger partial charge >= 0.3 is 0 Å². The van der Waals surface area contributed by atoms with Crippen LogP contribution < -0.4 is 14.4 Å². The van der Waals surface area contributed by atoms with Gasteiger partial charge in [0.05, 0.1) is 25.8 Å². The van der Waals surface area contributed by atoms with E-state index in [0.29, 0.717) is 28.3 Å². The highest BCUT2D eigenvalue weighted by Crippen LogP contribution is 2.45. The predicted octanol–water partition coefficient (Wildman–Crippen LogP) is 4.95. The number of rotatable bonds is 5. The molecule has 4 rings (SSSR count). The molecule has 1 unspecified atom stereocenters. The number of amides is 1. The molecule has 0 radical (unpaired) electrons. The lowest BCUT2D eigenvalue weighted by Crippen LogP contribution is -2.29. The highest BCUT2D eigenvalue weighted by molar-refractivity contribution is 6.51. The van der Waals surface area contributed by atoms with E-state index in [4.69, 9.17) is 9.47 Å². The molecule has 1 N–H and O–H groups in total. The van der Waals surface area contributed by atoms with Crippen molar-refractivity contribution in [3.8, 4) is 11.5 Å². The second kappa shape index (κ2) is 8.82. The molecule has 1 aliphatic rings. The lowest BCUT2D eigenvalue weighted by Gasteiger charge is -2.27. The molecular formula is C27H25NO5. The number of methoxy groups -OCH3 is 2. The van der Waals surface area contributed by atoms with E-state index in [1.54, 1.807) is 43.5 Å². The molecule has 3 aromatic carbocycles. The Hall–Kier alpha value is -4.06. The van der Waals surface area contributed by atoms with E-state index in [2.05, 4.69) is 0 Å². The molecule has 33 heavy (non-hydrogen) atoms. The molecule has 0 saturated carbocycles. The molecule has 168 valence electrons. The number of carbonyl (C=O) groups is 2. The molecule has 1 saturated heterocycles. The first kappa shape index (κ1) is 22.1. The molecule has 1 fully saturated rings. The van der Waals surface area contributed by atoms with E-state index in [1.165, 1.54) is 12.0 Å². The first-order valence-electron chi connectivity index (χ1n) is 10.5. The summed E-state index contributed by atoms with van der Waals surface area (Å²) < 4.78 is 10.9. The van der Waals surface area contributed by atoms with Crippen LogP contribution in [0.15, 0.2) is 72.3 Å². The summed E-state index contributed by atoms with van der Waals surface area (Å²) in [5, 5.41) is 11.3. The SMILES string of the molecule is COc1ccc(/C(O)=C2\C(=O)C(=O)N(c3cccc(C)c3)C2c2ccccc2OC)cc1C. The van der Waals surface area contributed by atoms with Crippen molar-refractivity contribution in [2.75, 3.05) is 19.1 Å². The molecule has 0 aromatic heterocycles. The lowest BCUT2D eigenvalue weighted by molar-refractivity contribution is -0.132. The van der Waals surface area contributed by atoms with Crippen LogP contribution in [0.3, 0.4) is 0 Å². The van der Waals surface area contributed by atoms with Crippen LogP contribution in [0.5, 0.6) is 11.5 Å². The number of nitrogens with zero attached hydrogens (tertiary/aromatic N) is 1. The van der Waals surface area contributed by atoms with E-state index < -0.39 is 17.7 Å². The van der Waals surface area contributed by atoms with Crippen molar-refractivity contribution in [2.24, 2.45) is 0 Å². The summed E-state index contributed by atoms with van der Waals surface area (Å²) >= 11 is 0. The molecule has 1 atom stereocenters. The number of anilines is 1. The van der Waals surface area contributed by atoms with Crippen molar-refractivity contribution < 1.29 is 24.2 Å². The number of aryl methyl sites for hydroxylation is 2. The van der Waals surface area contributed by atoms with E-state index in [9.17, 15) is 14.7 Å². The Balaban J connectivity index is 1.98. The molecule has 0 bridgehead atoms. The maximum Gasteiger partial charge on any atom is 0.300 e.